The van der Waals surface area contributed by atoms with Gasteiger partial charge in [0.2, 0.25) is 0 Å². The van der Waals surface area contributed by atoms with Crippen LogP contribution in [0.4, 0.5) is 5.82 Å². The van der Waals surface area contributed by atoms with E-state index < -0.39 is 4.92 Å². The van der Waals surface area contributed by atoms with Crippen molar-refractivity contribution >= 4 is 5.82 Å². The zero-order valence-corrected chi connectivity index (χ0v) is 4.70. The van der Waals surface area contributed by atoms with Gasteiger partial charge in [-0.15, -0.1) is 0 Å². The van der Waals surface area contributed by atoms with Crippen LogP contribution in [0.5, 0.6) is 0 Å². The van der Waals surface area contributed by atoms with E-state index in [1.807, 2.05) is 0 Å². The summed E-state index contributed by atoms with van der Waals surface area (Å²) in [5, 5.41) is 9.84. The summed E-state index contributed by atoms with van der Waals surface area (Å²) >= 11 is 0. The summed E-state index contributed by atoms with van der Waals surface area (Å²) in [7, 11) is 0. The third kappa shape index (κ3) is 1.54. The number of nitrogens with one attached hydrogen (secondary N) is 1. The van der Waals surface area contributed by atoms with Gasteiger partial charge >= 0.3 is 5.82 Å². The molecular formula is C4H7N3O2. The Morgan fingerprint density at radius 3 is 2.56 bits per heavy atom. The molecule has 5 nitrogen and oxygen atoms in total. The van der Waals surface area contributed by atoms with Crippen LogP contribution >= 0.6 is 0 Å². The summed E-state index contributed by atoms with van der Waals surface area (Å²) in [6.07, 6.45) is 1.51. The summed E-state index contributed by atoms with van der Waals surface area (Å²) in [5.41, 5.74) is 0. The van der Waals surface area contributed by atoms with Crippen LogP contribution in [0.25, 0.3) is 0 Å². The predicted octanol–water partition coefficient (Wildman–Crippen LogP) is 1.08. The minimum atomic E-state index is -0.472. The summed E-state index contributed by atoms with van der Waals surface area (Å²) in [6, 6.07) is 2.98. The van der Waals surface area contributed by atoms with Gasteiger partial charge in [-0.05, 0) is 11.0 Å². The van der Waals surface area contributed by atoms with Gasteiger partial charge in [0.05, 0.1) is 6.20 Å². The van der Waals surface area contributed by atoms with Gasteiger partial charge in [0.1, 0.15) is 0 Å². The first-order valence-corrected chi connectivity index (χ1v) is 2.08. The normalized spacial score (nSPS) is 8.00. The van der Waals surface area contributed by atoms with E-state index in [1.54, 1.807) is 6.07 Å². The van der Waals surface area contributed by atoms with Crippen molar-refractivity contribution in [1.82, 2.24) is 11.1 Å². The molecule has 0 aromatic carbocycles. The van der Waals surface area contributed by atoms with Crippen molar-refractivity contribution in [3.63, 3.8) is 0 Å². The highest BCUT2D eigenvalue weighted by Crippen LogP contribution is 2.02. The lowest BCUT2D eigenvalue weighted by Crippen LogP contribution is -1.85. The second-order valence-corrected chi connectivity index (χ2v) is 1.31. The van der Waals surface area contributed by atoms with Crippen molar-refractivity contribution in [3.8, 4) is 0 Å². The predicted molar refractivity (Wildman–Crippen MR) is 32.5 cm³/mol. The zero-order valence-electron chi connectivity index (χ0n) is 4.70. The van der Waals surface area contributed by atoms with E-state index in [0.717, 1.165) is 0 Å². The number of nitrogens with zero attached hydrogens (tertiary/aromatic N) is 1. The first kappa shape index (κ1) is 7.64. The van der Waals surface area contributed by atoms with E-state index in [9.17, 15) is 10.1 Å². The Morgan fingerprint density at radius 1 is 1.67 bits per heavy atom. The van der Waals surface area contributed by atoms with Crippen LogP contribution in [0.15, 0.2) is 18.3 Å². The van der Waals surface area contributed by atoms with Gasteiger partial charge in [0.25, 0.3) is 0 Å². The van der Waals surface area contributed by atoms with E-state index in [4.69, 9.17) is 0 Å². The molecule has 0 radical (unpaired) electrons. The molecule has 0 aliphatic rings. The molecule has 50 valence electrons. The van der Waals surface area contributed by atoms with Crippen LogP contribution in [-0.2, 0) is 0 Å². The molecular weight excluding hydrogens is 122 g/mol. The highest BCUT2D eigenvalue weighted by atomic mass is 16.6. The Balaban J connectivity index is 0.000000640. The van der Waals surface area contributed by atoms with E-state index in [0.29, 0.717) is 0 Å². The molecule has 0 aliphatic heterocycles. The first-order valence-electron chi connectivity index (χ1n) is 2.08. The fraction of sp³-hybridized carbons (Fsp3) is 0. The van der Waals surface area contributed by atoms with Crippen molar-refractivity contribution in [3.05, 3.63) is 28.4 Å². The Hall–Kier alpha value is -1.36. The van der Waals surface area contributed by atoms with Crippen LogP contribution in [-0.4, -0.2) is 9.91 Å². The maximum absolute atomic E-state index is 9.84. The Labute approximate surface area is 51.4 Å². The maximum Gasteiger partial charge on any atom is 0.320 e. The maximum atomic E-state index is 9.84. The molecule has 0 amide bonds. The van der Waals surface area contributed by atoms with E-state index in [1.165, 1.54) is 12.3 Å². The fourth-order valence-corrected chi connectivity index (χ4v) is 0.434. The molecule has 0 fully saturated rings. The summed E-state index contributed by atoms with van der Waals surface area (Å²) < 4.78 is 0. The molecule has 1 heterocycles. The largest absolute Gasteiger partial charge is 0.358 e. The molecule has 0 saturated carbocycles. The number of H-pyrrole nitrogens is 1. The zero-order chi connectivity index (χ0) is 5.98. The second-order valence-electron chi connectivity index (χ2n) is 1.31. The number of hydrogen-bond acceptors (Lipinski definition) is 3. The number of nitro groups is 1. The van der Waals surface area contributed by atoms with E-state index in [2.05, 4.69) is 4.98 Å². The van der Waals surface area contributed by atoms with Crippen LogP contribution in [0.1, 0.15) is 0 Å². The lowest BCUT2D eigenvalue weighted by atomic mass is 10.6. The molecule has 1 aromatic heterocycles. The number of aromatic nitrogens is 1. The van der Waals surface area contributed by atoms with Crippen LogP contribution in [0.2, 0.25) is 0 Å². The Bertz CT molecular complexity index is 182. The van der Waals surface area contributed by atoms with Gasteiger partial charge in [0.15, 0.2) is 0 Å². The molecule has 0 unspecified atom stereocenters. The van der Waals surface area contributed by atoms with E-state index >= 15 is 0 Å². The van der Waals surface area contributed by atoms with Crippen LogP contribution in [0, 0.1) is 10.1 Å². The number of hydrogen-bond donors (Lipinski definition) is 2. The average molecular weight is 129 g/mol. The average Bonchev–Trinajstić information content (AvgIpc) is 2.12. The van der Waals surface area contributed by atoms with Gasteiger partial charge in [0, 0.05) is 6.07 Å². The lowest BCUT2D eigenvalue weighted by molar-refractivity contribution is -0.389. The summed E-state index contributed by atoms with van der Waals surface area (Å²) in [4.78, 5) is 11.8. The van der Waals surface area contributed by atoms with Crippen molar-refractivity contribution in [2.24, 2.45) is 0 Å². The molecule has 0 aliphatic carbocycles. The molecule has 1 rings (SSSR count). The van der Waals surface area contributed by atoms with E-state index in [-0.39, 0.29) is 12.0 Å². The van der Waals surface area contributed by atoms with Gasteiger partial charge < -0.3 is 16.3 Å². The van der Waals surface area contributed by atoms with Gasteiger partial charge in [-0.2, -0.15) is 0 Å². The second kappa shape index (κ2) is 2.83. The quantitative estimate of drug-likeness (QED) is 0.438. The third-order valence-electron chi connectivity index (χ3n) is 0.778. The molecule has 0 saturated heterocycles. The standard InChI is InChI=1S/C4H4N2O2.H3N/c7-6(8)4-2-1-3-5-4;/h1-3,5H;1H3. The fourth-order valence-electron chi connectivity index (χ4n) is 0.434. The minimum Gasteiger partial charge on any atom is -0.358 e. The SMILES string of the molecule is N.O=[N+]([O-])c1ccc[nH]1. The molecule has 0 bridgehead atoms. The monoisotopic (exact) mass is 129 g/mol. The number of rotatable bonds is 1. The van der Waals surface area contributed by atoms with Gasteiger partial charge in [-0.3, -0.25) is 0 Å². The van der Waals surface area contributed by atoms with Crippen molar-refractivity contribution < 1.29 is 4.92 Å². The highest BCUT2D eigenvalue weighted by Gasteiger charge is 1.97. The smallest absolute Gasteiger partial charge is 0.320 e. The molecule has 1 aromatic rings. The van der Waals surface area contributed by atoms with Gasteiger partial charge in [-0.25, -0.2) is 4.98 Å². The van der Waals surface area contributed by atoms with Crippen molar-refractivity contribution in [1.29, 1.82) is 0 Å². The molecule has 4 N–H and O–H groups in total. The topological polar surface area (TPSA) is 93.9 Å². The highest BCUT2D eigenvalue weighted by molar-refractivity contribution is 5.17. The molecule has 0 atom stereocenters. The summed E-state index contributed by atoms with van der Waals surface area (Å²) in [5.74, 6) is 0.0324. The van der Waals surface area contributed by atoms with Gasteiger partial charge in [-0.1, -0.05) is 0 Å². The number of aromatic amines is 1. The van der Waals surface area contributed by atoms with Crippen LogP contribution in [0.3, 0.4) is 0 Å². The summed E-state index contributed by atoms with van der Waals surface area (Å²) in [6.45, 7) is 0. The Morgan fingerprint density at radius 2 is 2.33 bits per heavy atom. The van der Waals surface area contributed by atoms with Crippen molar-refractivity contribution in [2.75, 3.05) is 0 Å². The third-order valence-corrected chi connectivity index (χ3v) is 0.778. The lowest BCUT2D eigenvalue weighted by Gasteiger charge is -1.84. The van der Waals surface area contributed by atoms with Crippen LogP contribution < -0.4 is 6.15 Å². The molecule has 0 spiro atoms. The van der Waals surface area contributed by atoms with Crippen molar-refractivity contribution in [2.45, 2.75) is 0 Å². The molecule has 9 heavy (non-hydrogen) atoms. The minimum absolute atomic E-state index is 0. The molecule has 5 heteroatoms. The Kier molecular flexibility index (Phi) is 2.40. The first-order chi connectivity index (χ1) is 3.80.